The van der Waals surface area contributed by atoms with Gasteiger partial charge in [0.2, 0.25) is 0 Å². The molecule has 0 aliphatic carbocycles. The third-order valence-corrected chi connectivity index (χ3v) is 6.68. The van der Waals surface area contributed by atoms with Crippen LogP contribution >= 0.6 is 0 Å². The maximum absolute atomic E-state index is 13.9. The molecule has 0 unspecified atom stereocenters. The maximum atomic E-state index is 13.9. The molecule has 5 heterocycles. The van der Waals surface area contributed by atoms with E-state index in [1.807, 2.05) is 35.0 Å². The largest absolute Gasteiger partial charge is 0.377 e. The van der Waals surface area contributed by atoms with E-state index < -0.39 is 0 Å². The van der Waals surface area contributed by atoms with Crippen molar-refractivity contribution in [1.82, 2.24) is 19.6 Å². The van der Waals surface area contributed by atoms with Crippen molar-refractivity contribution < 1.29 is 9.13 Å². The highest BCUT2D eigenvalue weighted by atomic mass is 19.1. The van der Waals surface area contributed by atoms with Crippen molar-refractivity contribution >= 4 is 17.3 Å². The number of halogens is 1. The predicted octanol–water partition coefficient (Wildman–Crippen LogP) is 4.50. The van der Waals surface area contributed by atoms with Gasteiger partial charge in [0.25, 0.3) is 0 Å². The summed E-state index contributed by atoms with van der Waals surface area (Å²) in [5.41, 5.74) is 3.35. The summed E-state index contributed by atoms with van der Waals surface area (Å²) < 4.78 is 21.5. The number of hydrogen-bond donors (Lipinski definition) is 0. The standard InChI is InChI=1S/C26H27FN6O/c27-20-7-4-6-19(16-20)23-18-34-15-14-32(23)26-11-10-24-28-17-22(33(24)30-26)21-8-5-9-25(29-21)31-12-2-1-3-13-31/h4-11,16-17,23H,1-3,12-15,18H2/t23-/m0/s1. The van der Waals surface area contributed by atoms with Crippen LogP contribution in [-0.4, -0.2) is 52.4 Å². The molecule has 0 spiro atoms. The van der Waals surface area contributed by atoms with E-state index in [1.165, 1.54) is 25.3 Å². The Balaban J connectivity index is 1.36. The Morgan fingerprint density at radius 2 is 1.79 bits per heavy atom. The highest BCUT2D eigenvalue weighted by molar-refractivity contribution is 5.62. The summed E-state index contributed by atoms with van der Waals surface area (Å²) in [5, 5.41) is 4.95. The first-order chi connectivity index (χ1) is 16.8. The Morgan fingerprint density at radius 1 is 0.912 bits per heavy atom. The van der Waals surface area contributed by atoms with Crippen LogP contribution in [0.4, 0.5) is 16.0 Å². The third-order valence-electron chi connectivity index (χ3n) is 6.68. The van der Waals surface area contributed by atoms with Crippen LogP contribution in [0.15, 0.2) is 60.8 Å². The molecule has 4 aromatic rings. The highest BCUT2D eigenvalue weighted by Gasteiger charge is 2.27. The van der Waals surface area contributed by atoms with Gasteiger partial charge in [-0.05, 0) is 61.2 Å². The molecule has 6 rings (SSSR count). The number of nitrogens with zero attached hydrogens (tertiary/aromatic N) is 6. The lowest BCUT2D eigenvalue weighted by molar-refractivity contribution is 0.0935. The number of hydrogen-bond acceptors (Lipinski definition) is 6. The lowest BCUT2D eigenvalue weighted by Crippen LogP contribution is -2.40. The average Bonchev–Trinajstić information content (AvgIpc) is 3.33. The van der Waals surface area contributed by atoms with E-state index in [2.05, 4.69) is 26.9 Å². The van der Waals surface area contributed by atoms with E-state index in [0.29, 0.717) is 19.8 Å². The molecule has 174 valence electrons. The van der Waals surface area contributed by atoms with Crippen LogP contribution in [0.3, 0.4) is 0 Å². The van der Waals surface area contributed by atoms with Gasteiger partial charge in [0.1, 0.15) is 23.1 Å². The molecular formula is C26H27FN6O. The fourth-order valence-electron chi connectivity index (χ4n) is 4.92. The topological polar surface area (TPSA) is 58.8 Å². The zero-order valence-electron chi connectivity index (χ0n) is 19.0. The van der Waals surface area contributed by atoms with Crippen LogP contribution in [0.1, 0.15) is 30.9 Å². The molecule has 2 aliphatic rings. The van der Waals surface area contributed by atoms with Gasteiger partial charge in [-0.1, -0.05) is 18.2 Å². The Kier molecular flexibility index (Phi) is 5.58. The van der Waals surface area contributed by atoms with Gasteiger partial charge in [-0.2, -0.15) is 0 Å². The average molecular weight is 459 g/mol. The molecule has 0 N–H and O–H groups in total. The molecule has 2 aliphatic heterocycles. The molecule has 0 saturated carbocycles. The van der Waals surface area contributed by atoms with Crippen molar-refractivity contribution in [2.24, 2.45) is 0 Å². The Morgan fingerprint density at radius 3 is 2.68 bits per heavy atom. The number of rotatable bonds is 4. The van der Waals surface area contributed by atoms with Crippen LogP contribution in [0.5, 0.6) is 0 Å². The number of aromatic nitrogens is 4. The number of piperidine rings is 1. The maximum Gasteiger partial charge on any atom is 0.154 e. The molecule has 2 saturated heterocycles. The van der Waals surface area contributed by atoms with Gasteiger partial charge in [-0.25, -0.2) is 18.9 Å². The summed E-state index contributed by atoms with van der Waals surface area (Å²) in [4.78, 5) is 14.1. The summed E-state index contributed by atoms with van der Waals surface area (Å²) in [6.07, 6.45) is 5.53. The van der Waals surface area contributed by atoms with E-state index in [1.54, 1.807) is 12.1 Å². The van der Waals surface area contributed by atoms with E-state index in [0.717, 1.165) is 47.3 Å². The van der Waals surface area contributed by atoms with Crippen molar-refractivity contribution in [3.63, 3.8) is 0 Å². The minimum atomic E-state index is -0.247. The monoisotopic (exact) mass is 458 g/mol. The second-order valence-electron chi connectivity index (χ2n) is 8.87. The number of fused-ring (bicyclic) bond motifs is 1. The number of anilines is 2. The summed E-state index contributed by atoms with van der Waals surface area (Å²) in [5.74, 6) is 1.56. The fraction of sp³-hybridized carbons (Fsp3) is 0.346. The van der Waals surface area contributed by atoms with E-state index in [4.69, 9.17) is 14.8 Å². The van der Waals surface area contributed by atoms with Crippen LogP contribution < -0.4 is 9.80 Å². The highest BCUT2D eigenvalue weighted by Crippen LogP contribution is 2.30. The van der Waals surface area contributed by atoms with E-state index in [-0.39, 0.29) is 11.9 Å². The Hall–Kier alpha value is -3.52. The number of benzene rings is 1. The number of ether oxygens (including phenoxy) is 1. The summed E-state index contributed by atoms with van der Waals surface area (Å²) >= 11 is 0. The number of imidazole rings is 1. The molecule has 0 amide bonds. The zero-order valence-corrected chi connectivity index (χ0v) is 19.0. The summed E-state index contributed by atoms with van der Waals surface area (Å²) in [7, 11) is 0. The van der Waals surface area contributed by atoms with E-state index in [9.17, 15) is 4.39 Å². The number of pyridine rings is 1. The van der Waals surface area contributed by atoms with Crippen molar-refractivity contribution in [2.45, 2.75) is 25.3 Å². The quantitative estimate of drug-likeness (QED) is 0.449. The zero-order chi connectivity index (χ0) is 22.9. The van der Waals surface area contributed by atoms with Crippen LogP contribution in [0.25, 0.3) is 17.0 Å². The van der Waals surface area contributed by atoms with E-state index >= 15 is 0 Å². The van der Waals surface area contributed by atoms with Gasteiger partial charge in [-0.15, -0.1) is 5.10 Å². The van der Waals surface area contributed by atoms with Gasteiger partial charge in [-0.3, -0.25) is 0 Å². The minimum Gasteiger partial charge on any atom is -0.377 e. The predicted molar refractivity (Wildman–Crippen MR) is 130 cm³/mol. The van der Waals surface area contributed by atoms with Crippen molar-refractivity contribution in [2.75, 3.05) is 42.6 Å². The Bertz CT molecular complexity index is 1300. The summed E-state index contributed by atoms with van der Waals surface area (Å²) in [6, 6.07) is 16.7. The van der Waals surface area contributed by atoms with Gasteiger partial charge in [0, 0.05) is 19.6 Å². The first-order valence-corrected chi connectivity index (χ1v) is 11.9. The summed E-state index contributed by atoms with van der Waals surface area (Å²) in [6.45, 7) is 3.85. The van der Waals surface area contributed by atoms with Crippen molar-refractivity contribution in [3.8, 4) is 11.4 Å². The van der Waals surface area contributed by atoms with Gasteiger partial charge in [0.05, 0.1) is 31.1 Å². The molecule has 0 radical (unpaired) electrons. The molecule has 1 aromatic carbocycles. The number of morpholine rings is 1. The second-order valence-corrected chi connectivity index (χ2v) is 8.87. The third kappa shape index (κ3) is 3.98. The minimum absolute atomic E-state index is 0.109. The fourth-order valence-corrected chi connectivity index (χ4v) is 4.92. The molecular weight excluding hydrogens is 431 g/mol. The van der Waals surface area contributed by atoms with Crippen LogP contribution in [-0.2, 0) is 4.74 Å². The smallest absolute Gasteiger partial charge is 0.154 e. The first kappa shape index (κ1) is 21.0. The van der Waals surface area contributed by atoms with Gasteiger partial charge in [0.15, 0.2) is 5.65 Å². The van der Waals surface area contributed by atoms with Gasteiger partial charge < -0.3 is 14.5 Å². The first-order valence-electron chi connectivity index (χ1n) is 11.9. The second kappa shape index (κ2) is 9.02. The SMILES string of the molecule is Fc1cccc([C@@H]2COCCN2c2ccc3ncc(-c4cccc(N5CCCCC5)n4)n3n2)c1. The molecule has 0 bridgehead atoms. The lowest BCUT2D eigenvalue weighted by atomic mass is 10.0. The van der Waals surface area contributed by atoms with Crippen molar-refractivity contribution in [1.29, 1.82) is 0 Å². The molecule has 8 heteroatoms. The molecule has 7 nitrogen and oxygen atoms in total. The molecule has 2 fully saturated rings. The van der Waals surface area contributed by atoms with Crippen LogP contribution in [0.2, 0.25) is 0 Å². The van der Waals surface area contributed by atoms with Crippen molar-refractivity contribution in [3.05, 3.63) is 72.2 Å². The Labute approximate surface area is 197 Å². The molecule has 1 atom stereocenters. The normalized spacial score (nSPS) is 19.0. The van der Waals surface area contributed by atoms with Gasteiger partial charge >= 0.3 is 0 Å². The molecule has 34 heavy (non-hydrogen) atoms. The van der Waals surface area contributed by atoms with Crippen LogP contribution in [0, 0.1) is 5.82 Å². The lowest BCUT2D eigenvalue weighted by Gasteiger charge is -2.36. The molecule has 3 aromatic heterocycles.